The van der Waals surface area contributed by atoms with Crippen LogP contribution in [0.25, 0.3) is 11.0 Å². The first-order valence-electron chi connectivity index (χ1n) is 6.02. The minimum absolute atomic E-state index is 0.394. The van der Waals surface area contributed by atoms with Crippen molar-refractivity contribution in [2.24, 2.45) is 0 Å². The van der Waals surface area contributed by atoms with Gasteiger partial charge in [0.15, 0.2) is 0 Å². The topological polar surface area (TPSA) is 31.9 Å². The summed E-state index contributed by atoms with van der Waals surface area (Å²) in [5, 5.41) is 0. The first-order chi connectivity index (χ1) is 8.13. The van der Waals surface area contributed by atoms with Crippen molar-refractivity contribution in [2.75, 3.05) is 18.0 Å². The molecule has 1 aliphatic rings. The zero-order valence-electron chi connectivity index (χ0n) is 10.1. The summed E-state index contributed by atoms with van der Waals surface area (Å²) in [7, 11) is 0. The van der Waals surface area contributed by atoms with Crippen molar-refractivity contribution in [2.45, 2.75) is 25.9 Å². The minimum atomic E-state index is -0.670. The van der Waals surface area contributed by atoms with Crippen molar-refractivity contribution >= 4 is 16.7 Å². The summed E-state index contributed by atoms with van der Waals surface area (Å²) in [6.07, 6.45) is -0.670. The van der Waals surface area contributed by atoms with Crippen molar-refractivity contribution in [3.8, 4) is 0 Å². The van der Waals surface area contributed by atoms with Crippen LogP contribution in [0.15, 0.2) is 18.2 Å². The van der Waals surface area contributed by atoms with E-state index in [-0.39, 0.29) is 0 Å². The molecule has 1 N–H and O–H groups in total. The van der Waals surface area contributed by atoms with Gasteiger partial charge in [0.25, 0.3) is 0 Å². The van der Waals surface area contributed by atoms with Gasteiger partial charge in [-0.05, 0) is 18.2 Å². The average molecular weight is 233 g/mol. The highest BCUT2D eigenvalue weighted by molar-refractivity contribution is 5.80. The maximum atomic E-state index is 12.8. The first kappa shape index (κ1) is 10.6. The molecule has 0 amide bonds. The molecule has 0 radical (unpaired) electrons. The number of aromatic nitrogens is 2. The summed E-state index contributed by atoms with van der Waals surface area (Å²) < 4.78 is 12.8. The first-order valence-corrected chi connectivity index (χ1v) is 6.02. The van der Waals surface area contributed by atoms with Gasteiger partial charge in [0.2, 0.25) is 0 Å². The number of benzene rings is 1. The lowest BCUT2D eigenvalue weighted by atomic mass is 10.1. The molecular weight excluding hydrogens is 217 g/mol. The van der Waals surface area contributed by atoms with E-state index >= 15 is 0 Å². The molecule has 0 spiro atoms. The molecule has 0 saturated carbocycles. The highest BCUT2D eigenvalue weighted by Crippen LogP contribution is 2.26. The highest BCUT2D eigenvalue weighted by atomic mass is 19.1. The normalized spacial score (nSPS) is 16.8. The van der Waals surface area contributed by atoms with E-state index < -0.39 is 6.17 Å². The quantitative estimate of drug-likeness (QED) is 0.865. The van der Waals surface area contributed by atoms with Gasteiger partial charge in [-0.1, -0.05) is 13.8 Å². The monoisotopic (exact) mass is 233 g/mol. The van der Waals surface area contributed by atoms with E-state index in [0.29, 0.717) is 19.0 Å². The Balaban J connectivity index is 1.95. The molecule has 1 aromatic carbocycles. The van der Waals surface area contributed by atoms with Crippen LogP contribution in [0.1, 0.15) is 25.6 Å². The molecule has 0 aliphatic carbocycles. The van der Waals surface area contributed by atoms with Crippen molar-refractivity contribution in [1.82, 2.24) is 9.97 Å². The zero-order chi connectivity index (χ0) is 12.0. The standard InChI is InChI=1S/C13H16FN3/c1-8(2)13-15-11-4-3-10(5-12(11)16-13)17-6-9(14)7-17/h3-5,8-9H,6-7H2,1-2H3,(H,15,16). The molecular formula is C13H16FN3. The summed E-state index contributed by atoms with van der Waals surface area (Å²) >= 11 is 0. The number of imidazole rings is 1. The maximum Gasteiger partial charge on any atom is 0.135 e. The maximum absolute atomic E-state index is 12.8. The van der Waals surface area contributed by atoms with E-state index in [0.717, 1.165) is 22.5 Å². The van der Waals surface area contributed by atoms with Gasteiger partial charge in [-0.3, -0.25) is 0 Å². The van der Waals surface area contributed by atoms with Crippen LogP contribution in [-0.2, 0) is 0 Å². The fourth-order valence-corrected chi connectivity index (χ4v) is 2.12. The Kier molecular flexibility index (Phi) is 2.31. The van der Waals surface area contributed by atoms with Crippen LogP contribution < -0.4 is 4.90 Å². The molecule has 3 rings (SSSR count). The lowest BCUT2D eigenvalue weighted by Crippen LogP contribution is -2.48. The molecule has 4 heteroatoms. The number of anilines is 1. The Hall–Kier alpha value is -1.58. The van der Waals surface area contributed by atoms with Crippen molar-refractivity contribution in [3.05, 3.63) is 24.0 Å². The Morgan fingerprint density at radius 1 is 1.41 bits per heavy atom. The van der Waals surface area contributed by atoms with Crippen LogP contribution in [0.3, 0.4) is 0 Å². The highest BCUT2D eigenvalue weighted by Gasteiger charge is 2.26. The van der Waals surface area contributed by atoms with Crippen LogP contribution in [-0.4, -0.2) is 29.2 Å². The van der Waals surface area contributed by atoms with Gasteiger partial charge in [0, 0.05) is 11.6 Å². The second kappa shape index (κ2) is 3.72. The zero-order valence-corrected chi connectivity index (χ0v) is 10.1. The van der Waals surface area contributed by atoms with Gasteiger partial charge in [-0.15, -0.1) is 0 Å². The molecule has 2 aromatic rings. The van der Waals surface area contributed by atoms with E-state index in [1.165, 1.54) is 0 Å². The molecule has 1 aromatic heterocycles. The van der Waals surface area contributed by atoms with Crippen molar-refractivity contribution in [1.29, 1.82) is 0 Å². The van der Waals surface area contributed by atoms with Gasteiger partial charge in [0.1, 0.15) is 12.0 Å². The number of nitrogens with zero attached hydrogens (tertiary/aromatic N) is 2. The third kappa shape index (κ3) is 1.77. The lowest BCUT2D eigenvalue weighted by molar-refractivity contribution is 0.275. The van der Waals surface area contributed by atoms with Crippen LogP contribution in [0.2, 0.25) is 0 Å². The van der Waals surface area contributed by atoms with Gasteiger partial charge in [-0.25, -0.2) is 9.37 Å². The van der Waals surface area contributed by atoms with Crippen LogP contribution >= 0.6 is 0 Å². The summed E-state index contributed by atoms with van der Waals surface area (Å²) in [5.74, 6) is 1.40. The molecule has 3 nitrogen and oxygen atoms in total. The third-order valence-electron chi connectivity index (χ3n) is 3.23. The largest absolute Gasteiger partial charge is 0.365 e. The Morgan fingerprint density at radius 2 is 2.18 bits per heavy atom. The van der Waals surface area contributed by atoms with E-state index in [9.17, 15) is 4.39 Å². The van der Waals surface area contributed by atoms with Gasteiger partial charge < -0.3 is 9.88 Å². The molecule has 2 heterocycles. The molecule has 0 bridgehead atoms. The fraction of sp³-hybridized carbons (Fsp3) is 0.462. The van der Waals surface area contributed by atoms with Gasteiger partial charge >= 0.3 is 0 Å². The van der Waals surface area contributed by atoms with E-state index in [4.69, 9.17) is 0 Å². The Morgan fingerprint density at radius 3 is 2.82 bits per heavy atom. The van der Waals surface area contributed by atoms with Crippen molar-refractivity contribution in [3.63, 3.8) is 0 Å². The number of halogens is 1. The van der Waals surface area contributed by atoms with E-state index in [1.54, 1.807) is 0 Å². The summed E-state index contributed by atoms with van der Waals surface area (Å²) in [5.41, 5.74) is 3.08. The lowest BCUT2D eigenvalue weighted by Gasteiger charge is -2.36. The molecule has 0 atom stereocenters. The predicted molar refractivity (Wildman–Crippen MR) is 67.3 cm³/mol. The number of H-pyrrole nitrogens is 1. The SMILES string of the molecule is CC(C)c1nc2cc(N3CC(F)C3)ccc2[nH]1. The Bertz CT molecular complexity index is 541. The number of nitrogens with one attached hydrogen (secondary N) is 1. The third-order valence-corrected chi connectivity index (χ3v) is 3.23. The summed E-state index contributed by atoms with van der Waals surface area (Å²) in [6.45, 7) is 5.24. The molecule has 90 valence electrons. The smallest absolute Gasteiger partial charge is 0.135 e. The molecule has 1 aliphatic heterocycles. The average Bonchev–Trinajstić information content (AvgIpc) is 2.67. The van der Waals surface area contributed by atoms with Crippen LogP contribution in [0.4, 0.5) is 10.1 Å². The second-order valence-electron chi connectivity index (χ2n) is 4.98. The second-order valence-corrected chi connectivity index (χ2v) is 4.98. The predicted octanol–water partition coefficient (Wildman–Crippen LogP) is 2.84. The molecule has 1 saturated heterocycles. The number of aromatic amines is 1. The van der Waals surface area contributed by atoms with Crippen LogP contribution in [0, 0.1) is 0 Å². The number of fused-ring (bicyclic) bond motifs is 1. The summed E-state index contributed by atoms with van der Waals surface area (Å²) in [4.78, 5) is 9.89. The van der Waals surface area contributed by atoms with Gasteiger partial charge in [-0.2, -0.15) is 0 Å². The molecule has 1 fully saturated rings. The number of hydrogen-bond donors (Lipinski definition) is 1. The summed E-state index contributed by atoms with van der Waals surface area (Å²) in [6, 6.07) is 6.08. The van der Waals surface area contributed by atoms with Crippen LogP contribution in [0.5, 0.6) is 0 Å². The Labute approximate surface area is 99.7 Å². The van der Waals surface area contributed by atoms with Crippen molar-refractivity contribution < 1.29 is 4.39 Å². The fourth-order valence-electron chi connectivity index (χ4n) is 2.12. The van der Waals surface area contributed by atoms with Gasteiger partial charge in [0.05, 0.1) is 24.1 Å². The number of alkyl halides is 1. The number of rotatable bonds is 2. The van der Waals surface area contributed by atoms with E-state index in [1.807, 2.05) is 23.1 Å². The number of hydrogen-bond acceptors (Lipinski definition) is 2. The van der Waals surface area contributed by atoms with E-state index in [2.05, 4.69) is 23.8 Å². The minimum Gasteiger partial charge on any atom is -0.365 e. The molecule has 17 heavy (non-hydrogen) atoms. The molecule has 0 unspecified atom stereocenters.